The standard InChI is InChI=1S/C5H5Cl6N3S/c6-4(7,8)1-13-3(12)14-2(15-1)5(9,10)11/h1-2H,(H3,12,13,14). The van der Waals surface area contributed by atoms with E-state index in [2.05, 4.69) is 10.3 Å². The zero-order valence-electron chi connectivity index (χ0n) is 6.86. The second kappa shape index (κ2) is 4.92. The van der Waals surface area contributed by atoms with Crippen LogP contribution in [0, 0.1) is 0 Å². The highest BCUT2D eigenvalue weighted by molar-refractivity contribution is 8.01. The number of nitrogens with zero attached hydrogens (tertiary/aromatic N) is 1. The van der Waals surface area contributed by atoms with Crippen molar-refractivity contribution in [3.8, 4) is 0 Å². The molecule has 1 aliphatic rings. The first-order chi connectivity index (χ1) is 6.60. The fourth-order valence-electron chi connectivity index (χ4n) is 0.801. The van der Waals surface area contributed by atoms with E-state index in [4.69, 9.17) is 75.3 Å². The van der Waals surface area contributed by atoms with E-state index in [0.717, 1.165) is 11.8 Å². The number of nitrogens with two attached hydrogens (primary N) is 1. The highest BCUT2D eigenvalue weighted by atomic mass is 35.6. The molecule has 3 N–H and O–H groups in total. The molecule has 88 valence electrons. The van der Waals surface area contributed by atoms with Gasteiger partial charge in [0.15, 0.2) is 5.96 Å². The summed E-state index contributed by atoms with van der Waals surface area (Å²) in [6.07, 6.45) is 0. The third-order valence-electron chi connectivity index (χ3n) is 1.38. The SMILES string of the molecule is NC1=NC(C(Cl)(Cl)Cl)SC(C(Cl)(Cl)Cl)N1. The lowest BCUT2D eigenvalue weighted by Crippen LogP contribution is -2.50. The Morgan fingerprint density at radius 3 is 2.07 bits per heavy atom. The van der Waals surface area contributed by atoms with Gasteiger partial charge in [0.2, 0.25) is 7.59 Å². The van der Waals surface area contributed by atoms with E-state index in [0.29, 0.717) is 0 Å². The van der Waals surface area contributed by atoms with E-state index in [9.17, 15) is 0 Å². The van der Waals surface area contributed by atoms with Gasteiger partial charge < -0.3 is 11.1 Å². The molecule has 0 fully saturated rings. The molecule has 15 heavy (non-hydrogen) atoms. The van der Waals surface area contributed by atoms with E-state index < -0.39 is 18.3 Å². The number of thioether (sulfide) groups is 1. The molecule has 0 spiro atoms. The Kier molecular flexibility index (Phi) is 4.73. The summed E-state index contributed by atoms with van der Waals surface area (Å²) in [5.41, 5.74) is 5.48. The Morgan fingerprint density at radius 2 is 1.67 bits per heavy atom. The van der Waals surface area contributed by atoms with Gasteiger partial charge in [-0.2, -0.15) is 0 Å². The lowest BCUT2D eigenvalue weighted by Gasteiger charge is -2.34. The molecule has 1 rings (SSSR count). The van der Waals surface area contributed by atoms with E-state index in [1.54, 1.807) is 0 Å². The molecule has 3 nitrogen and oxygen atoms in total. The molecule has 2 unspecified atom stereocenters. The van der Waals surface area contributed by atoms with Crippen LogP contribution in [0.1, 0.15) is 0 Å². The molecule has 1 aliphatic heterocycles. The number of aliphatic imine (C=N–C) groups is 1. The lowest BCUT2D eigenvalue weighted by molar-refractivity contribution is 0.771. The van der Waals surface area contributed by atoms with Gasteiger partial charge >= 0.3 is 0 Å². The van der Waals surface area contributed by atoms with Gasteiger partial charge in [-0.05, 0) is 0 Å². The van der Waals surface area contributed by atoms with Crippen LogP contribution in [-0.4, -0.2) is 24.3 Å². The Bertz CT molecular complexity index is 271. The van der Waals surface area contributed by atoms with Gasteiger partial charge in [0.1, 0.15) is 10.7 Å². The van der Waals surface area contributed by atoms with Crippen molar-refractivity contribution >= 4 is 87.3 Å². The fraction of sp³-hybridized carbons (Fsp3) is 0.800. The zero-order valence-corrected chi connectivity index (χ0v) is 12.2. The minimum absolute atomic E-state index is 0.0707. The predicted octanol–water partition coefficient (Wildman–Crippen LogP) is 3.03. The first kappa shape index (κ1) is 14.4. The summed E-state index contributed by atoms with van der Waals surface area (Å²) in [6, 6.07) is 0. The normalized spacial score (nSPS) is 28.3. The lowest BCUT2D eigenvalue weighted by atomic mass is 10.6. The van der Waals surface area contributed by atoms with Crippen LogP contribution in [0.2, 0.25) is 0 Å². The van der Waals surface area contributed by atoms with E-state index >= 15 is 0 Å². The van der Waals surface area contributed by atoms with Crippen molar-refractivity contribution in [2.75, 3.05) is 0 Å². The summed E-state index contributed by atoms with van der Waals surface area (Å²) in [5.74, 6) is 0.0707. The second-order valence-electron chi connectivity index (χ2n) is 2.61. The van der Waals surface area contributed by atoms with Crippen molar-refractivity contribution in [2.45, 2.75) is 18.3 Å². The van der Waals surface area contributed by atoms with E-state index in [-0.39, 0.29) is 5.96 Å². The first-order valence-corrected chi connectivity index (χ1v) is 6.70. The Balaban J connectivity index is 2.85. The van der Waals surface area contributed by atoms with Crippen molar-refractivity contribution in [2.24, 2.45) is 10.7 Å². The Morgan fingerprint density at radius 1 is 1.13 bits per heavy atom. The maximum absolute atomic E-state index is 5.70. The molecule has 0 amide bonds. The third-order valence-corrected chi connectivity index (χ3v) is 4.89. The maximum Gasteiger partial charge on any atom is 0.221 e. The number of hydrogen-bond donors (Lipinski definition) is 2. The van der Waals surface area contributed by atoms with Crippen LogP contribution >= 0.6 is 81.4 Å². The quantitative estimate of drug-likeness (QED) is 0.659. The van der Waals surface area contributed by atoms with Crippen LogP contribution in [0.3, 0.4) is 0 Å². The smallest absolute Gasteiger partial charge is 0.221 e. The average Bonchev–Trinajstić information content (AvgIpc) is 1.99. The van der Waals surface area contributed by atoms with E-state index in [1.807, 2.05) is 0 Å². The molecular formula is C5H5Cl6N3S. The molecular weight excluding hydrogens is 347 g/mol. The van der Waals surface area contributed by atoms with Crippen LogP contribution in [0.25, 0.3) is 0 Å². The van der Waals surface area contributed by atoms with Crippen LogP contribution in [-0.2, 0) is 0 Å². The third kappa shape index (κ3) is 4.26. The first-order valence-electron chi connectivity index (χ1n) is 3.49. The molecule has 1 heterocycles. The molecule has 2 atom stereocenters. The molecule has 0 aliphatic carbocycles. The largest absolute Gasteiger partial charge is 0.370 e. The van der Waals surface area contributed by atoms with Crippen molar-refractivity contribution in [1.82, 2.24) is 5.32 Å². The van der Waals surface area contributed by atoms with Gasteiger partial charge in [-0.1, -0.05) is 69.6 Å². The number of guanidine groups is 1. The van der Waals surface area contributed by atoms with Gasteiger partial charge in [-0.3, -0.25) is 0 Å². The van der Waals surface area contributed by atoms with E-state index in [1.165, 1.54) is 0 Å². The Hall–Kier alpha value is 1.36. The summed E-state index contributed by atoms with van der Waals surface area (Å²) in [6.45, 7) is 0. The molecule has 0 saturated carbocycles. The van der Waals surface area contributed by atoms with Crippen LogP contribution < -0.4 is 11.1 Å². The topological polar surface area (TPSA) is 50.4 Å². The molecule has 10 heteroatoms. The van der Waals surface area contributed by atoms with Gasteiger partial charge in [0.05, 0.1) is 0 Å². The molecule has 0 radical (unpaired) electrons. The van der Waals surface area contributed by atoms with Crippen molar-refractivity contribution in [1.29, 1.82) is 0 Å². The average molecular weight is 352 g/mol. The number of hydrogen-bond acceptors (Lipinski definition) is 4. The monoisotopic (exact) mass is 349 g/mol. The number of nitrogens with one attached hydrogen (secondary N) is 1. The Labute approximate surface area is 121 Å². The molecule has 0 aromatic rings. The summed E-state index contributed by atoms with van der Waals surface area (Å²) in [4.78, 5) is 3.89. The number of rotatable bonds is 0. The maximum atomic E-state index is 5.70. The van der Waals surface area contributed by atoms with Gasteiger partial charge in [-0.15, -0.1) is 11.8 Å². The molecule has 0 aromatic carbocycles. The van der Waals surface area contributed by atoms with Crippen molar-refractivity contribution in [3.63, 3.8) is 0 Å². The van der Waals surface area contributed by atoms with Crippen molar-refractivity contribution < 1.29 is 0 Å². The summed E-state index contributed by atoms with van der Waals surface area (Å²) in [5, 5.41) is 1.33. The van der Waals surface area contributed by atoms with Crippen LogP contribution in [0.4, 0.5) is 0 Å². The molecule has 0 saturated heterocycles. The second-order valence-corrected chi connectivity index (χ2v) is 8.54. The molecule has 0 bridgehead atoms. The van der Waals surface area contributed by atoms with Gasteiger partial charge in [0.25, 0.3) is 0 Å². The van der Waals surface area contributed by atoms with Gasteiger partial charge in [0, 0.05) is 0 Å². The highest BCUT2D eigenvalue weighted by Gasteiger charge is 2.44. The zero-order chi connectivity index (χ0) is 11.9. The summed E-state index contributed by atoms with van der Waals surface area (Å²) in [7, 11) is 0. The minimum atomic E-state index is -1.61. The van der Waals surface area contributed by atoms with Crippen LogP contribution in [0.15, 0.2) is 4.99 Å². The predicted molar refractivity (Wildman–Crippen MR) is 70.5 cm³/mol. The highest BCUT2D eigenvalue weighted by Crippen LogP contribution is 2.46. The van der Waals surface area contributed by atoms with Gasteiger partial charge in [-0.25, -0.2) is 4.99 Å². The minimum Gasteiger partial charge on any atom is -0.370 e. The summed E-state index contributed by atoms with van der Waals surface area (Å²) < 4.78 is -3.18. The summed E-state index contributed by atoms with van der Waals surface area (Å²) >= 11 is 35.2. The van der Waals surface area contributed by atoms with Crippen LogP contribution in [0.5, 0.6) is 0 Å². The number of halogens is 6. The fourth-order valence-corrected chi connectivity index (χ4v) is 2.97. The molecule has 0 aromatic heterocycles. The number of alkyl halides is 6. The van der Waals surface area contributed by atoms with Crippen molar-refractivity contribution in [3.05, 3.63) is 0 Å².